The van der Waals surface area contributed by atoms with E-state index in [9.17, 15) is 0 Å². The molecule has 0 spiro atoms. The van der Waals surface area contributed by atoms with Crippen molar-refractivity contribution in [1.29, 1.82) is 0 Å². The summed E-state index contributed by atoms with van der Waals surface area (Å²) in [5.41, 5.74) is -4.45. The van der Waals surface area contributed by atoms with E-state index >= 15 is 14.4 Å². The van der Waals surface area contributed by atoms with Crippen molar-refractivity contribution in [1.82, 2.24) is 0 Å². The molecule has 0 fully saturated rings. The van der Waals surface area contributed by atoms with E-state index in [0.717, 1.165) is 124 Å². The maximum absolute atomic E-state index is 17.5. The molecule has 0 saturated heterocycles. The zero-order chi connectivity index (χ0) is 55.3. The van der Waals surface area contributed by atoms with Crippen LogP contribution in [-0.2, 0) is 50.9 Å². The largest absolute Gasteiger partial charge is 0.463 e. The minimum Gasteiger partial charge on any atom is -0.463 e. The molecule has 0 amide bonds. The molecule has 0 bridgehead atoms. The molecule has 2 heterocycles. The lowest BCUT2D eigenvalue weighted by Crippen LogP contribution is -2.51. The van der Waals surface area contributed by atoms with E-state index in [1.54, 1.807) is 0 Å². The maximum Gasteiger partial charge on any atom is 0.374 e. The Balaban J connectivity index is 1.12. The first-order valence-electron chi connectivity index (χ1n) is 29.8. The number of ether oxygens (including phenoxy) is 1. The van der Waals surface area contributed by atoms with Gasteiger partial charge in [0.1, 0.15) is 0 Å². The minimum atomic E-state index is -1.99. The molecule has 5 aliphatic carbocycles. The van der Waals surface area contributed by atoms with E-state index in [-0.39, 0.29) is 28.1 Å². The monoisotopic (exact) mass is 1100 g/mol. The summed E-state index contributed by atoms with van der Waals surface area (Å²) in [6.07, 6.45) is 0. The molecule has 5 aliphatic rings. The summed E-state index contributed by atoms with van der Waals surface area (Å²) in [5.74, 6) is -0.840. The summed E-state index contributed by atoms with van der Waals surface area (Å²) in [6, 6.07) is 0. The fourth-order valence-electron chi connectivity index (χ4n) is 23.0. The lowest BCUT2D eigenvalue weighted by molar-refractivity contribution is -0.406. The molecular weight excluding hydrogens is 1070 g/mol. The highest BCUT2D eigenvalue weighted by Gasteiger charge is 2.75. The molecule has 0 N–H and O–H groups in total. The van der Waals surface area contributed by atoms with Crippen LogP contribution in [-0.4, -0.2) is 29.9 Å². The van der Waals surface area contributed by atoms with E-state index in [1.807, 2.05) is 62.3 Å². The van der Waals surface area contributed by atoms with E-state index in [4.69, 9.17) is 42.9 Å². The van der Waals surface area contributed by atoms with Gasteiger partial charge in [-0.1, -0.05) is 0 Å². The smallest absolute Gasteiger partial charge is 0.374 e. The van der Waals surface area contributed by atoms with Gasteiger partial charge < -0.3 is 13.6 Å². The van der Waals surface area contributed by atoms with Gasteiger partial charge in [-0.05, 0) is 202 Å². The summed E-state index contributed by atoms with van der Waals surface area (Å²) < 4.78 is 21.1. The number of fused-ring (bicyclic) bond motifs is 7. The van der Waals surface area contributed by atoms with Gasteiger partial charge in [0.05, 0.1) is 40.2 Å². The fraction of sp³-hybridized carbons (Fsp3) is 0.219. The first-order valence-corrected chi connectivity index (χ1v) is 29.8. The van der Waals surface area contributed by atoms with Gasteiger partial charge in [-0.25, -0.2) is 38.9 Å². The number of benzene rings is 15. The van der Waals surface area contributed by atoms with Gasteiger partial charge in [-0.2, -0.15) is 0 Å². The highest BCUT2D eigenvalue weighted by molar-refractivity contribution is 6.77. The second-order valence-corrected chi connectivity index (χ2v) is 30.3. The van der Waals surface area contributed by atoms with E-state index in [1.165, 1.54) is 115 Å². The summed E-state index contributed by atoms with van der Waals surface area (Å²) in [5, 5.41) is 45.4. The van der Waals surface area contributed by atoms with Gasteiger partial charge in [0.25, 0.3) is 0 Å². The number of furan rings is 1. The predicted octanol–water partition coefficient (Wildman–Crippen LogP) is 16.6. The standard InChI is InChI=1S/C73H30O12/c1-68(2,3)80-83-71-54-44-34-24-16-11-13-12-15-14(11)21-26(24)36-38-28(21)29-22(15)27-25-17(12)23-30-18(13)20-19(16)31(34)41-42-33(20)40(30)50-43-32(23)35(25)45-47-37(27)39(29)49-48(38)57(56(71)46(36)44)72(84-81-69(4,5)6)58(49)59(47)73(85-82-70(7,8)9,65-61(72)60(71)64(78-65)67(76)77-10)55(45)52(43)66(75)79-63(50)53(42)62(74)51(41)54/h1-10H3/t71-,72-,73+/m0/s1. The number of rotatable bonds is 7. The Morgan fingerprint density at radius 2 is 0.588 bits per heavy atom. The Hall–Kier alpha value is -8.85. The van der Waals surface area contributed by atoms with Crippen molar-refractivity contribution < 1.29 is 47.7 Å². The number of carbonyl (C=O) groups excluding carboxylic acids is 1. The van der Waals surface area contributed by atoms with E-state index in [2.05, 4.69) is 0 Å². The molecule has 3 atom stereocenters. The topological polar surface area (TPSA) is 142 Å². The van der Waals surface area contributed by atoms with Crippen LogP contribution < -0.4 is 11.1 Å². The molecule has 22 aromatic carbocycles. The molecule has 29 rings (SSSR count). The van der Waals surface area contributed by atoms with Crippen LogP contribution in [0, 0.1) is 0 Å². The molecule has 0 aliphatic heterocycles. The highest BCUT2D eigenvalue weighted by Crippen LogP contribution is 2.83. The van der Waals surface area contributed by atoms with Crippen LogP contribution in [0.2, 0.25) is 0 Å². The van der Waals surface area contributed by atoms with Crippen molar-refractivity contribution in [2.75, 3.05) is 7.11 Å². The average Bonchev–Trinajstić information content (AvgIpc) is 1.40. The Labute approximate surface area is 468 Å². The molecule has 2 aromatic heterocycles. The zero-order valence-electron chi connectivity index (χ0n) is 46.4. The predicted molar refractivity (Wildman–Crippen MR) is 327 cm³/mol. The Kier molecular flexibility index (Phi) is 4.49. The van der Waals surface area contributed by atoms with Crippen LogP contribution in [0.5, 0.6) is 0 Å². The van der Waals surface area contributed by atoms with Gasteiger partial charge in [0.15, 0.2) is 28.0 Å². The van der Waals surface area contributed by atoms with Crippen molar-refractivity contribution in [3.63, 3.8) is 0 Å². The van der Waals surface area contributed by atoms with Crippen LogP contribution in [0.25, 0.3) is 237 Å². The maximum atomic E-state index is 17.5. The van der Waals surface area contributed by atoms with Crippen LogP contribution >= 0.6 is 0 Å². The number of esters is 1. The second kappa shape index (κ2) is 9.63. The summed E-state index contributed by atoms with van der Waals surface area (Å²) in [7, 11) is 1.36. The molecule has 12 nitrogen and oxygen atoms in total. The van der Waals surface area contributed by atoms with Gasteiger partial charge in [-0.3, -0.25) is 4.79 Å². The molecule has 0 radical (unpaired) electrons. The highest BCUT2D eigenvalue weighted by atomic mass is 17.2. The third kappa shape index (κ3) is 2.72. The first-order chi connectivity index (χ1) is 40.9. The summed E-state index contributed by atoms with van der Waals surface area (Å²) in [4.78, 5) is 94.9. The third-order valence-electron chi connectivity index (χ3n) is 24.0. The second-order valence-electron chi connectivity index (χ2n) is 30.3. The normalized spacial score (nSPS) is 22.1. The van der Waals surface area contributed by atoms with Crippen molar-refractivity contribution in [3.8, 4) is 0 Å². The quantitative estimate of drug-likeness (QED) is 0.0374. The number of carbonyl (C=O) groups is 1. The molecule has 394 valence electrons. The SMILES string of the molecule is COC(=O)c1oc2c3c1[C@@]1(OOC(C)(C)C)c4c5c6c7c(c8c9c%10c(c%11c(=O)oc%12c%13c(=O)c%14c1c1c4c4c6c6c%15c7c9c7c9c%10c%10c%11c%12c%11c%12c%13c%14c%13c1c1c4c6c4c(c%157)c6c9c%10c%11c7c%12c%13c1c4c76)[C@]28OOC(C)(C)C)[C@]35OOC(C)(C)C. The Bertz CT molecular complexity index is 7600. The Morgan fingerprint density at radius 3 is 0.965 bits per heavy atom. The lowest BCUT2D eigenvalue weighted by atomic mass is 9.60. The lowest BCUT2D eigenvalue weighted by Gasteiger charge is -2.49. The molecule has 24 aromatic rings. The van der Waals surface area contributed by atoms with E-state index in [0.29, 0.717) is 38.4 Å². The number of hydrogen-bond acceptors (Lipinski definition) is 12. The van der Waals surface area contributed by atoms with Crippen molar-refractivity contribution in [3.05, 3.63) is 76.7 Å². The van der Waals surface area contributed by atoms with Crippen molar-refractivity contribution in [2.45, 2.75) is 95.9 Å². The van der Waals surface area contributed by atoms with Gasteiger partial charge in [0.2, 0.25) is 11.4 Å². The van der Waals surface area contributed by atoms with E-state index < -0.39 is 45.2 Å². The number of hydrogen-bond donors (Lipinski definition) is 0. The third-order valence-corrected chi connectivity index (χ3v) is 24.0. The summed E-state index contributed by atoms with van der Waals surface area (Å²) >= 11 is 0. The van der Waals surface area contributed by atoms with Crippen LogP contribution in [0.1, 0.15) is 123 Å². The van der Waals surface area contributed by atoms with Gasteiger partial charge >= 0.3 is 11.6 Å². The fourth-order valence-corrected chi connectivity index (χ4v) is 23.0. The van der Waals surface area contributed by atoms with Gasteiger partial charge in [0, 0.05) is 120 Å². The minimum absolute atomic E-state index is 0.149. The van der Waals surface area contributed by atoms with Crippen LogP contribution in [0.3, 0.4) is 0 Å². The molecule has 0 unspecified atom stereocenters. The van der Waals surface area contributed by atoms with Crippen molar-refractivity contribution >= 4 is 243 Å². The van der Waals surface area contributed by atoms with Crippen LogP contribution in [0.4, 0.5) is 0 Å². The zero-order valence-corrected chi connectivity index (χ0v) is 46.4. The molecule has 12 heteroatoms. The average molecular weight is 1100 g/mol. The Morgan fingerprint density at radius 1 is 0.306 bits per heavy atom. The van der Waals surface area contributed by atoms with Crippen LogP contribution in [0.15, 0.2) is 18.4 Å². The first kappa shape index (κ1) is 39.6. The molecular formula is C73H30O12. The molecule has 0 saturated carbocycles. The summed E-state index contributed by atoms with van der Waals surface area (Å²) in [6.45, 7) is 17.6. The number of methoxy groups -OCH3 is 1. The van der Waals surface area contributed by atoms with Crippen molar-refractivity contribution in [2.24, 2.45) is 0 Å². The molecule has 85 heavy (non-hydrogen) atoms. The van der Waals surface area contributed by atoms with Gasteiger partial charge in [-0.15, -0.1) is 0 Å².